The van der Waals surface area contributed by atoms with Crippen molar-refractivity contribution in [1.29, 1.82) is 0 Å². The molecule has 20 heavy (non-hydrogen) atoms. The third-order valence-electron chi connectivity index (χ3n) is 3.94. The highest BCUT2D eigenvalue weighted by Crippen LogP contribution is 2.36. The Labute approximate surface area is 127 Å². The maximum absolute atomic E-state index is 12.3. The van der Waals surface area contributed by atoms with Crippen molar-refractivity contribution < 1.29 is 9.59 Å². The number of rotatable bonds is 2. The van der Waals surface area contributed by atoms with Gasteiger partial charge in [0, 0.05) is 10.0 Å². The van der Waals surface area contributed by atoms with Gasteiger partial charge >= 0.3 is 0 Å². The topological polar surface area (TPSA) is 37.4 Å². The fourth-order valence-corrected chi connectivity index (χ4v) is 3.31. The van der Waals surface area contributed by atoms with Crippen LogP contribution < -0.4 is 0 Å². The molecule has 1 fully saturated rings. The molecule has 2 atom stereocenters. The van der Waals surface area contributed by atoms with Crippen molar-refractivity contribution in [1.82, 2.24) is 4.90 Å². The summed E-state index contributed by atoms with van der Waals surface area (Å²) < 4.78 is 0. The molecule has 0 unspecified atom stereocenters. The monoisotopic (exact) mass is 309 g/mol. The van der Waals surface area contributed by atoms with E-state index in [-0.39, 0.29) is 30.2 Å². The lowest BCUT2D eigenvalue weighted by molar-refractivity contribution is -0.140. The van der Waals surface area contributed by atoms with Crippen molar-refractivity contribution in [2.75, 3.05) is 0 Å². The second kappa shape index (κ2) is 5.23. The van der Waals surface area contributed by atoms with Crippen LogP contribution in [0.1, 0.15) is 18.4 Å². The van der Waals surface area contributed by atoms with Gasteiger partial charge in [0.15, 0.2) is 0 Å². The lowest BCUT2D eigenvalue weighted by Crippen LogP contribution is -2.30. The lowest BCUT2D eigenvalue weighted by Gasteiger charge is -2.15. The number of halogens is 2. The number of likely N-dealkylation sites (tertiary alicyclic amines) is 1. The molecule has 5 heteroatoms. The maximum atomic E-state index is 12.3. The molecule has 1 aliphatic carbocycles. The Bertz CT molecular complexity index is 586. The highest BCUT2D eigenvalue weighted by Gasteiger charge is 2.47. The van der Waals surface area contributed by atoms with Crippen molar-refractivity contribution in [3.05, 3.63) is 46.0 Å². The second-order valence-electron chi connectivity index (χ2n) is 5.15. The molecular formula is C15H13Cl2NO2. The number of amides is 2. The zero-order valence-corrected chi connectivity index (χ0v) is 12.2. The summed E-state index contributed by atoms with van der Waals surface area (Å²) in [5.74, 6) is -0.567. The average Bonchev–Trinajstić information content (AvgIpc) is 2.67. The zero-order chi connectivity index (χ0) is 14.3. The molecule has 3 rings (SSSR count). The summed E-state index contributed by atoms with van der Waals surface area (Å²) >= 11 is 12.0. The van der Waals surface area contributed by atoms with Crippen LogP contribution in [0.4, 0.5) is 0 Å². The summed E-state index contributed by atoms with van der Waals surface area (Å²) in [6.07, 6.45) is 5.26. The highest BCUT2D eigenvalue weighted by atomic mass is 35.5. The number of nitrogens with zero attached hydrogens (tertiary/aromatic N) is 1. The standard InChI is InChI=1S/C15H13Cl2NO2/c16-10-6-5-9(13(17)7-10)8-18-14(19)11-3-1-2-4-12(11)15(18)20/h1-2,5-7,11-12H,3-4,8H2/t11-,12-/m1/s1. The minimum Gasteiger partial charge on any atom is -0.278 e. The van der Waals surface area contributed by atoms with E-state index in [4.69, 9.17) is 23.2 Å². The Hall–Kier alpha value is -1.32. The zero-order valence-electron chi connectivity index (χ0n) is 10.7. The summed E-state index contributed by atoms with van der Waals surface area (Å²) in [6.45, 7) is 0.223. The van der Waals surface area contributed by atoms with Gasteiger partial charge in [-0.05, 0) is 30.5 Å². The first kappa shape index (κ1) is 13.7. The van der Waals surface area contributed by atoms with Crippen LogP contribution in [0.25, 0.3) is 0 Å². The number of allylic oxidation sites excluding steroid dienone is 2. The van der Waals surface area contributed by atoms with Crippen LogP contribution in [0.5, 0.6) is 0 Å². The van der Waals surface area contributed by atoms with Gasteiger partial charge in [-0.2, -0.15) is 0 Å². The summed E-state index contributed by atoms with van der Waals surface area (Å²) in [4.78, 5) is 26.0. The van der Waals surface area contributed by atoms with Gasteiger partial charge in [-0.25, -0.2) is 0 Å². The fraction of sp³-hybridized carbons (Fsp3) is 0.333. The highest BCUT2D eigenvalue weighted by molar-refractivity contribution is 6.35. The number of hydrogen-bond acceptors (Lipinski definition) is 2. The van der Waals surface area contributed by atoms with Gasteiger partial charge in [0.25, 0.3) is 0 Å². The number of carbonyl (C=O) groups is 2. The Morgan fingerprint density at radius 2 is 1.65 bits per heavy atom. The Kier molecular flexibility index (Phi) is 3.57. The van der Waals surface area contributed by atoms with Crippen LogP contribution in [0.3, 0.4) is 0 Å². The minimum absolute atomic E-state index is 0.0876. The molecule has 0 N–H and O–H groups in total. The normalized spacial score (nSPS) is 25.2. The fourth-order valence-electron chi connectivity index (χ4n) is 2.85. The Balaban J connectivity index is 1.84. The van der Waals surface area contributed by atoms with E-state index in [2.05, 4.69) is 0 Å². The largest absolute Gasteiger partial charge is 0.278 e. The average molecular weight is 310 g/mol. The number of carbonyl (C=O) groups excluding carboxylic acids is 2. The lowest BCUT2D eigenvalue weighted by atomic mass is 9.85. The van der Waals surface area contributed by atoms with E-state index in [0.717, 1.165) is 5.56 Å². The summed E-state index contributed by atoms with van der Waals surface area (Å²) in [5, 5.41) is 1.02. The van der Waals surface area contributed by atoms with E-state index >= 15 is 0 Å². The minimum atomic E-state index is -0.196. The Morgan fingerprint density at radius 1 is 1.05 bits per heavy atom. The summed E-state index contributed by atoms with van der Waals surface area (Å²) in [5.41, 5.74) is 0.740. The van der Waals surface area contributed by atoms with Crippen LogP contribution in [-0.2, 0) is 16.1 Å². The molecular weight excluding hydrogens is 297 g/mol. The van der Waals surface area contributed by atoms with Crippen molar-refractivity contribution in [3.63, 3.8) is 0 Å². The summed E-state index contributed by atoms with van der Waals surface area (Å²) in [7, 11) is 0. The van der Waals surface area contributed by atoms with Crippen LogP contribution in [0.2, 0.25) is 10.0 Å². The van der Waals surface area contributed by atoms with E-state index < -0.39 is 0 Å². The van der Waals surface area contributed by atoms with E-state index in [0.29, 0.717) is 22.9 Å². The predicted molar refractivity (Wildman–Crippen MR) is 77.4 cm³/mol. The molecule has 0 bridgehead atoms. The molecule has 2 aliphatic rings. The van der Waals surface area contributed by atoms with Gasteiger partial charge in [-0.3, -0.25) is 14.5 Å². The van der Waals surface area contributed by atoms with E-state index in [1.807, 2.05) is 12.2 Å². The molecule has 0 saturated carbocycles. The number of fused-ring (bicyclic) bond motifs is 1. The predicted octanol–water partition coefficient (Wildman–Crippen LogP) is 3.44. The third kappa shape index (κ3) is 2.25. The molecule has 1 aromatic carbocycles. The Morgan fingerprint density at radius 3 is 2.20 bits per heavy atom. The first-order valence-electron chi connectivity index (χ1n) is 6.52. The number of imide groups is 1. The van der Waals surface area contributed by atoms with Gasteiger partial charge in [0.1, 0.15) is 0 Å². The molecule has 3 nitrogen and oxygen atoms in total. The molecule has 0 aromatic heterocycles. The SMILES string of the molecule is O=C1[C@@H]2CC=CC[C@H]2C(=O)N1Cc1ccc(Cl)cc1Cl. The molecule has 1 aliphatic heterocycles. The maximum Gasteiger partial charge on any atom is 0.233 e. The third-order valence-corrected chi connectivity index (χ3v) is 4.53. The van der Waals surface area contributed by atoms with Gasteiger partial charge in [0.05, 0.1) is 18.4 Å². The first-order valence-corrected chi connectivity index (χ1v) is 7.27. The smallest absolute Gasteiger partial charge is 0.233 e. The van der Waals surface area contributed by atoms with E-state index in [1.165, 1.54) is 4.90 Å². The van der Waals surface area contributed by atoms with Gasteiger partial charge in [0.2, 0.25) is 11.8 Å². The first-order chi connectivity index (χ1) is 9.58. The van der Waals surface area contributed by atoms with Crippen molar-refractivity contribution in [3.8, 4) is 0 Å². The second-order valence-corrected chi connectivity index (χ2v) is 6.00. The van der Waals surface area contributed by atoms with Crippen molar-refractivity contribution in [2.24, 2.45) is 11.8 Å². The molecule has 1 heterocycles. The number of benzene rings is 1. The van der Waals surface area contributed by atoms with Crippen molar-refractivity contribution in [2.45, 2.75) is 19.4 Å². The van der Waals surface area contributed by atoms with Gasteiger partial charge in [-0.15, -0.1) is 0 Å². The van der Waals surface area contributed by atoms with Gasteiger partial charge < -0.3 is 0 Å². The van der Waals surface area contributed by atoms with Crippen molar-refractivity contribution >= 4 is 35.0 Å². The van der Waals surface area contributed by atoms with Crippen LogP contribution in [-0.4, -0.2) is 16.7 Å². The molecule has 104 valence electrons. The molecule has 2 amide bonds. The molecule has 1 saturated heterocycles. The van der Waals surface area contributed by atoms with E-state index in [1.54, 1.807) is 18.2 Å². The quantitative estimate of drug-likeness (QED) is 0.620. The summed E-state index contributed by atoms with van der Waals surface area (Å²) in [6, 6.07) is 5.09. The van der Waals surface area contributed by atoms with E-state index in [9.17, 15) is 9.59 Å². The van der Waals surface area contributed by atoms with Crippen LogP contribution >= 0.6 is 23.2 Å². The van der Waals surface area contributed by atoms with Crippen LogP contribution in [0, 0.1) is 11.8 Å². The number of hydrogen-bond donors (Lipinski definition) is 0. The molecule has 1 aromatic rings. The van der Waals surface area contributed by atoms with Crippen LogP contribution in [0.15, 0.2) is 30.4 Å². The van der Waals surface area contributed by atoms with Gasteiger partial charge in [-0.1, -0.05) is 41.4 Å². The molecule has 0 spiro atoms. The molecule has 0 radical (unpaired) electrons.